The van der Waals surface area contributed by atoms with Crippen molar-refractivity contribution in [3.8, 4) is 5.88 Å². The molecule has 2 N–H and O–H groups in total. The lowest BCUT2D eigenvalue weighted by molar-refractivity contribution is 0.287. The first kappa shape index (κ1) is 11.7. The molecule has 0 atom stereocenters. The van der Waals surface area contributed by atoms with Crippen LogP contribution in [0.1, 0.15) is 32.3 Å². The third kappa shape index (κ3) is 2.18. The molecule has 92 valence electrons. The van der Waals surface area contributed by atoms with E-state index < -0.39 is 0 Å². The minimum absolute atomic E-state index is 0.534. The van der Waals surface area contributed by atoms with Gasteiger partial charge in [-0.2, -0.15) is 9.61 Å². The Balaban J connectivity index is 2.43. The highest BCUT2D eigenvalue weighted by atomic mass is 16.5. The van der Waals surface area contributed by atoms with Gasteiger partial charge in [-0.1, -0.05) is 20.3 Å². The summed E-state index contributed by atoms with van der Waals surface area (Å²) in [5.41, 5.74) is 7.59. The quantitative estimate of drug-likeness (QED) is 0.804. The third-order valence-corrected chi connectivity index (χ3v) is 2.71. The summed E-state index contributed by atoms with van der Waals surface area (Å²) >= 11 is 0. The van der Waals surface area contributed by atoms with E-state index >= 15 is 0 Å². The lowest BCUT2D eigenvalue weighted by atomic mass is 10.2. The molecule has 0 saturated carbocycles. The number of nitrogen functional groups attached to an aromatic ring is 1. The van der Waals surface area contributed by atoms with Crippen LogP contribution < -0.4 is 10.5 Å². The van der Waals surface area contributed by atoms with E-state index in [1.54, 1.807) is 10.7 Å². The Morgan fingerprint density at radius 3 is 2.94 bits per heavy atom. The van der Waals surface area contributed by atoms with Crippen LogP contribution in [0.4, 0.5) is 5.82 Å². The highest BCUT2D eigenvalue weighted by Crippen LogP contribution is 2.24. The first-order chi connectivity index (χ1) is 8.27. The van der Waals surface area contributed by atoms with Crippen molar-refractivity contribution in [3.63, 3.8) is 0 Å². The van der Waals surface area contributed by atoms with Crippen LogP contribution in [0.25, 0.3) is 5.65 Å². The molecular weight excluding hydrogens is 216 g/mol. The number of hydrogen-bond donors (Lipinski definition) is 1. The van der Waals surface area contributed by atoms with Crippen LogP contribution in [-0.2, 0) is 6.42 Å². The number of anilines is 1. The lowest BCUT2D eigenvalue weighted by Crippen LogP contribution is -2.09. The van der Waals surface area contributed by atoms with E-state index in [0.29, 0.717) is 12.4 Å². The first-order valence-electron chi connectivity index (χ1n) is 6.02. The summed E-state index contributed by atoms with van der Waals surface area (Å²) in [6.07, 6.45) is 4.61. The largest absolute Gasteiger partial charge is 0.477 e. The van der Waals surface area contributed by atoms with Gasteiger partial charge in [0.25, 0.3) is 0 Å². The molecule has 5 heteroatoms. The number of hydrogen-bond acceptors (Lipinski definition) is 4. The Morgan fingerprint density at radius 1 is 1.41 bits per heavy atom. The standard InChI is InChI=1S/C12H18N4O/c1-3-5-8-17-12-9(4-2)11(13)15-10-6-7-14-16(10)12/h6-7H,3-5,8H2,1-2H3,(H2,13,15). The van der Waals surface area contributed by atoms with Gasteiger partial charge in [0.2, 0.25) is 5.88 Å². The summed E-state index contributed by atoms with van der Waals surface area (Å²) < 4.78 is 7.51. The molecule has 0 fully saturated rings. The van der Waals surface area contributed by atoms with E-state index in [2.05, 4.69) is 17.0 Å². The highest BCUT2D eigenvalue weighted by Gasteiger charge is 2.13. The number of rotatable bonds is 5. The van der Waals surface area contributed by atoms with Crippen LogP contribution in [0.3, 0.4) is 0 Å². The van der Waals surface area contributed by atoms with Crippen LogP contribution in [0.2, 0.25) is 0 Å². The fourth-order valence-corrected chi connectivity index (χ4v) is 1.76. The Morgan fingerprint density at radius 2 is 2.24 bits per heavy atom. The molecule has 2 rings (SSSR count). The van der Waals surface area contributed by atoms with Gasteiger partial charge in [-0.3, -0.25) is 0 Å². The molecule has 17 heavy (non-hydrogen) atoms. The van der Waals surface area contributed by atoms with Gasteiger partial charge in [0.15, 0.2) is 5.65 Å². The van der Waals surface area contributed by atoms with Gasteiger partial charge in [-0.05, 0) is 12.8 Å². The molecule has 0 radical (unpaired) electrons. The zero-order chi connectivity index (χ0) is 12.3. The van der Waals surface area contributed by atoms with Gasteiger partial charge >= 0.3 is 0 Å². The van der Waals surface area contributed by atoms with E-state index in [1.807, 2.05) is 13.0 Å². The highest BCUT2D eigenvalue weighted by molar-refractivity contribution is 5.54. The fourth-order valence-electron chi connectivity index (χ4n) is 1.76. The van der Waals surface area contributed by atoms with E-state index in [1.165, 1.54) is 0 Å². The second-order valence-corrected chi connectivity index (χ2v) is 3.94. The van der Waals surface area contributed by atoms with E-state index in [9.17, 15) is 0 Å². The van der Waals surface area contributed by atoms with Crippen LogP contribution >= 0.6 is 0 Å². The number of fused-ring (bicyclic) bond motifs is 1. The van der Waals surface area contributed by atoms with Gasteiger partial charge < -0.3 is 10.5 Å². The van der Waals surface area contributed by atoms with Crippen molar-refractivity contribution in [2.45, 2.75) is 33.1 Å². The van der Waals surface area contributed by atoms with Gasteiger partial charge in [-0.15, -0.1) is 0 Å². The molecule has 0 aliphatic carbocycles. The van der Waals surface area contributed by atoms with E-state index in [4.69, 9.17) is 10.5 Å². The molecule has 0 unspecified atom stereocenters. The van der Waals surface area contributed by atoms with Crippen molar-refractivity contribution in [2.75, 3.05) is 12.3 Å². The molecule has 2 aromatic rings. The molecule has 5 nitrogen and oxygen atoms in total. The van der Waals surface area contributed by atoms with Gasteiger partial charge in [0.05, 0.1) is 18.4 Å². The molecular formula is C12H18N4O. The third-order valence-electron chi connectivity index (χ3n) is 2.71. The second-order valence-electron chi connectivity index (χ2n) is 3.94. The molecule has 0 bridgehead atoms. The lowest BCUT2D eigenvalue weighted by Gasteiger charge is -2.13. The van der Waals surface area contributed by atoms with Crippen LogP contribution in [0, 0.1) is 0 Å². The molecule has 0 saturated heterocycles. The van der Waals surface area contributed by atoms with Crippen molar-refractivity contribution < 1.29 is 4.74 Å². The minimum Gasteiger partial charge on any atom is -0.477 e. The van der Waals surface area contributed by atoms with Crippen LogP contribution in [0.5, 0.6) is 5.88 Å². The molecule has 0 aliphatic heterocycles. The van der Waals surface area contributed by atoms with Crippen molar-refractivity contribution in [1.29, 1.82) is 0 Å². The van der Waals surface area contributed by atoms with Gasteiger partial charge in [0, 0.05) is 6.07 Å². The molecule has 0 aliphatic rings. The van der Waals surface area contributed by atoms with E-state index in [-0.39, 0.29) is 0 Å². The predicted molar refractivity (Wildman–Crippen MR) is 67.2 cm³/mol. The normalized spacial score (nSPS) is 10.9. The number of nitrogens with two attached hydrogens (primary N) is 1. The van der Waals surface area contributed by atoms with Crippen molar-refractivity contribution >= 4 is 11.5 Å². The summed E-state index contributed by atoms with van der Waals surface area (Å²) in [7, 11) is 0. The number of nitrogens with zero attached hydrogens (tertiary/aromatic N) is 3. The molecule has 0 aromatic carbocycles. The fraction of sp³-hybridized carbons (Fsp3) is 0.500. The van der Waals surface area contributed by atoms with Crippen LogP contribution in [-0.4, -0.2) is 21.2 Å². The summed E-state index contributed by atoms with van der Waals surface area (Å²) in [6, 6.07) is 1.82. The van der Waals surface area contributed by atoms with Gasteiger partial charge in [-0.25, -0.2) is 4.98 Å². The number of unbranched alkanes of at least 4 members (excludes halogenated alkanes) is 1. The smallest absolute Gasteiger partial charge is 0.223 e. The summed E-state index contributed by atoms with van der Waals surface area (Å²) in [5.74, 6) is 1.26. The average molecular weight is 234 g/mol. The Labute approximate surface area is 101 Å². The SMILES string of the molecule is CCCCOc1c(CC)c(N)nc2ccnn12. The zero-order valence-electron chi connectivity index (χ0n) is 10.3. The predicted octanol–water partition coefficient (Wildman–Crippen LogP) is 2.05. The Hall–Kier alpha value is -1.78. The Kier molecular flexibility index (Phi) is 3.46. The van der Waals surface area contributed by atoms with E-state index in [0.717, 1.165) is 36.4 Å². The zero-order valence-corrected chi connectivity index (χ0v) is 10.3. The maximum atomic E-state index is 5.93. The van der Waals surface area contributed by atoms with Crippen LogP contribution in [0.15, 0.2) is 12.3 Å². The molecule has 2 aromatic heterocycles. The minimum atomic E-state index is 0.534. The topological polar surface area (TPSA) is 65.4 Å². The summed E-state index contributed by atoms with van der Waals surface area (Å²) in [5, 5.41) is 4.22. The van der Waals surface area contributed by atoms with Crippen molar-refractivity contribution in [3.05, 3.63) is 17.8 Å². The second kappa shape index (κ2) is 5.03. The number of aromatic nitrogens is 3. The summed E-state index contributed by atoms with van der Waals surface area (Å²) in [6.45, 7) is 4.85. The maximum Gasteiger partial charge on any atom is 0.223 e. The van der Waals surface area contributed by atoms with Gasteiger partial charge in [0.1, 0.15) is 5.82 Å². The number of ether oxygens (including phenoxy) is 1. The van der Waals surface area contributed by atoms with Crippen molar-refractivity contribution in [1.82, 2.24) is 14.6 Å². The monoisotopic (exact) mass is 234 g/mol. The molecule has 0 spiro atoms. The Bertz CT molecular complexity index is 506. The summed E-state index contributed by atoms with van der Waals surface area (Å²) in [4.78, 5) is 4.29. The van der Waals surface area contributed by atoms with Crippen molar-refractivity contribution in [2.24, 2.45) is 0 Å². The molecule has 2 heterocycles. The average Bonchev–Trinajstić information content (AvgIpc) is 2.76. The maximum absolute atomic E-state index is 5.93. The molecule has 0 amide bonds. The first-order valence-corrected chi connectivity index (χ1v) is 6.02.